The number of hydrogen-bond acceptors (Lipinski definition) is 3. The Hall–Kier alpha value is -2.47. The predicted molar refractivity (Wildman–Crippen MR) is 71.9 cm³/mol. The van der Waals surface area contributed by atoms with Gasteiger partial charge in [-0.3, -0.25) is 4.79 Å². The maximum absolute atomic E-state index is 13.2. The third kappa shape index (κ3) is 2.10. The van der Waals surface area contributed by atoms with Crippen molar-refractivity contribution in [2.24, 2.45) is 0 Å². The van der Waals surface area contributed by atoms with E-state index in [0.29, 0.717) is 11.4 Å². The van der Waals surface area contributed by atoms with Crippen molar-refractivity contribution in [3.8, 4) is 11.4 Å². The van der Waals surface area contributed by atoms with Gasteiger partial charge in [0.25, 0.3) is 5.56 Å². The van der Waals surface area contributed by atoms with Crippen molar-refractivity contribution in [1.29, 1.82) is 0 Å². The fourth-order valence-electron chi connectivity index (χ4n) is 1.80. The highest BCUT2D eigenvalue weighted by molar-refractivity contribution is 6.32. The molecule has 0 fully saturated rings. The Labute approximate surface area is 117 Å². The molecule has 0 radical (unpaired) electrons. The molecule has 20 heavy (non-hydrogen) atoms. The zero-order valence-electron chi connectivity index (χ0n) is 10.1. The van der Waals surface area contributed by atoms with Gasteiger partial charge < -0.3 is 4.57 Å². The SMILES string of the molecule is O=c1c(Cl)c(-n2ccnc2)cnn1-c1cccc(F)c1. The second kappa shape index (κ2) is 4.90. The van der Waals surface area contributed by atoms with E-state index in [0.717, 1.165) is 4.68 Å². The fourth-order valence-corrected chi connectivity index (χ4v) is 2.02. The van der Waals surface area contributed by atoms with Crippen LogP contribution >= 0.6 is 11.6 Å². The van der Waals surface area contributed by atoms with Crippen molar-refractivity contribution >= 4 is 11.6 Å². The molecule has 0 atom stereocenters. The van der Waals surface area contributed by atoms with Crippen molar-refractivity contribution in [2.45, 2.75) is 0 Å². The van der Waals surface area contributed by atoms with Gasteiger partial charge in [-0.2, -0.15) is 9.78 Å². The van der Waals surface area contributed by atoms with E-state index >= 15 is 0 Å². The van der Waals surface area contributed by atoms with Crippen LogP contribution in [0.1, 0.15) is 0 Å². The third-order valence-corrected chi connectivity index (χ3v) is 3.09. The summed E-state index contributed by atoms with van der Waals surface area (Å²) in [5.41, 5.74) is 0.208. The van der Waals surface area contributed by atoms with Gasteiger partial charge in [-0.15, -0.1) is 0 Å². The summed E-state index contributed by atoms with van der Waals surface area (Å²) in [6, 6.07) is 5.57. The highest BCUT2D eigenvalue weighted by Crippen LogP contribution is 2.15. The van der Waals surface area contributed by atoms with Crippen molar-refractivity contribution < 1.29 is 4.39 Å². The summed E-state index contributed by atoms with van der Waals surface area (Å²) in [6.07, 6.45) is 6.15. The summed E-state index contributed by atoms with van der Waals surface area (Å²) < 4.78 is 15.8. The van der Waals surface area contributed by atoms with E-state index in [2.05, 4.69) is 10.1 Å². The number of rotatable bonds is 2. The van der Waals surface area contributed by atoms with E-state index in [1.54, 1.807) is 23.0 Å². The molecule has 0 aliphatic heterocycles. The van der Waals surface area contributed by atoms with Crippen LogP contribution in [-0.4, -0.2) is 19.3 Å². The minimum Gasteiger partial charge on any atom is -0.303 e. The number of halogens is 2. The summed E-state index contributed by atoms with van der Waals surface area (Å²) in [6.45, 7) is 0. The minimum atomic E-state index is -0.525. The lowest BCUT2D eigenvalue weighted by molar-refractivity contribution is 0.624. The molecule has 3 rings (SSSR count). The van der Waals surface area contributed by atoms with Gasteiger partial charge in [0.2, 0.25) is 0 Å². The van der Waals surface area contributed by atoms with E-state index in [9.17, 15) is 9.18 Å². The Kier molecular flexibility index (Phi) is 3.08. The molecule has 0 unspecified atom stereocenters. The monoisotopic (exact) mass is 290 g/mol. The summed E-state index contributed by atoms with van der Waals surface area (Å²) in [5.74, 6) is -0.453. The zero-order valence-corrected chi connectivity index (χ0v) is 10.8. The molecule has 3 aromatic rings. The van der Waals surface area contributed by atoms with Crippen LogP contribution in [0.25, 0.3) is 11.4 Å². The molecule has 2 aromatic heterocycles. The maximum Gasteiger partial charge on any atom is 0.292 e. The zero-order chi connectivity index (χ0) is 14.1. The molecule has 0 amide bonds. The fraction of sp³-hybridized carbons (Fsp3) is 0. The van der Waals surface area contributed by atoms with Crippen molar-refractivity contribution in [2.75, 3.05) is 0 Å². The van der Waals surface area contributed by atoms with E-state index in [1.807, 2.05) is 0 Å². The average molecular weight is 291 g/mol. The largest absolute Gasteiger partial charge is 0.303 e. The van der Waals surface area contributed by atoms with Crippen LogP contribution in [-0.2, 0) is 0 Å². The number of nitrogens with zero attached hydrogens (tertiary/aromatic N) is 4. The second-order valence-corrected chi connectivity index (χ2v) is 4.39. The van der Waals surface area contributed by atoms with Crippen LogP contribution in [0.2, 0.25) is 5.02 Å². The normalized spacial score (nSPS) is 10.7. The number of imidazole rings is 1. The topological polar surface area (TPSA) is 52.7 Å². The minimum absolute atomic E-state index is 0.0118. The Morgan fingerprint density at radius 1 is 1.30 bits per heavy atom. The molecule has 0 aliphatic rings. The molecule has 2 heterocycles. The Morgan fingerprint density at radius 3 is 2.85 bits per heavy atom. The summed E-state index contributed by atoms with van der Waals surface area (Å²) in [5, 5.41) is 4.00. The van der Waals surface area contributed by atoms with Gasteiger partial charge >= 0.3 is 0 Å². The lowest BCUT2D eigenvalue weighted by atomic mass is 10.3. The lowest BCUT2D eigenvalue weighted by Gasteiger charge is -2.08. The molecule has 7 heteroatoms. The first-order valence-electron chi connectivity index (χ1n) is 5.69. The first kappa shape index (κ1) is 12.6. The lowest BCUT2D eigenvalue weighted by Crippen LogP contribution is -2.23. The molecular formula is C13H8ClFN4O. The Morgan fingerprint density at radius 2 is 2.15 bits per heavy atom. The van der Waals surface area contributed by atoms with Gasteiger partial charge in [-0.05, 0) is 18.2 Å². The highest BCUT2D eigenvalue weighted by Gasteiger charge is 2.12. The number of aromatic nitrogens is 4. The van der Waals surface area contributed by atoms with Crippen LogP contribution in [0, 0.1) is 5.82 Å². The maximum atomic E-state index is 13.2. The summed E-state index contributed by atoms with van der Waals surface area (Å²) in [7, 11) is 0. The molecule has 5 nitrogen and oxygen atoms in total. The smallest absolute Gasteiger partial charge is 0.292 e. The predicted octanol–water partition coefficient (Wildman–Crippen LogP) is 2.21. The van der Waals surface area contributed by atoms with Gasteiger partial charge in [0.1, 0.15) is 10.8 Å². The molecule has 0 N–H and O–H groups in total. The van der Waals surface area contributed by atoms with E-state index in [4.69, 9.17) is 11.6 Å². The Bertz CT molecular complexity index is 813. The van der Waals surface area contributed by atoms with Crippen molar-refractivity contribution in [3.63, 3.8) is 0 Å². The number of hydrogen-bond donors (Lipinski definition) is 0. The van der Waals surface area contributed by atoms with Crippen LogP contribution < -0.4 is 5.56 Å². The van der Waals surface area contributed by atoms with Gasteiger partial charge in [-0.1, -0.05) is 17.7 Å². The first-order valence-corrected chi connectivity index (χ1v) is 6.07. The summed E-state index contributed by atoms with van der Waals surface area (Å²) >= 11 is 6.06. The van der Waals surface area contributed by atoms with Crippen LogP contribution in [0.15, 0.2) is 54.0 Å². The van der Waals surface area contributed by atoms with Crippen molar-refractivity contribution in [1.82, 2.24) is 19.3 Å². The van der Waals surface area contributed by atoms with Gasteiger partial charge in [0, 0.05) is 12.4 Å². The van der Waals surface area contributed by atoms with Crippen LogP contribution in [0.4, 0.5) is 4.39 Å². The van der Waals surface area contributed by atoms with Gasteiger partial charge in [-0.25, -0.2) is 9.37 Å². The van der Waals surface area contributed by atoms with Gasteiger partial charge in [0.05, 0.1) is 23.9 Å². The van der Waals surface area contributed by atoms with Crippen LogP contribution in [0.5, 0.6) is 0 Å². The molecule has 0 saturated carbocycles. The molecule has 0 spiro atoms. The third-order valence-electron chi connectivity index (χ3n) is 2.74. The first-order chi connectivity index (χ1) is 9.66. The van der Waals surface area contributed by atoms with Crippen molar-refractivity contribution in [3.05, 3.63) is 70.4 Å². The highest BCUT2D eigenvalue weighted by atomic mass is 35.5. The average Bonchev–Trinajstić information content (AvgIpc) is 2.95. The van der Waals surface area contributed by atoms with Gasteiger partial charge in [0.15, 0.2) is 0 Å². The molecule has 100 valence electrons. The molecule has 1 aromatic carbocycles. The Balaban J connectivity index is 2.17. The standard InChI is InChI=1S/C13H8ClFN4O/c14-12-11(18-5-4-16-8-18)7-17-19(13(12)20)10-3-1-2-9(15)6-10/h1-8H. The number of benzene rings is 1. The van der Waals surface area contributed by atoms with E-state index in [1.165, 1.54) is 30.7 Å². The summed E-state index contributed by atoms with van der Waals surface area (Å²) in [4.78, 5) is 16.1. The quantitative estimate of drug-likeness (QED) is 0.727. The molecular weight excluding hydrogens is 283 g/mol. The second-order valence-electron chi connectivity index (χ2n) is 4.01. The van der Waals surface area contributed by atoms with E-state index < -0.39 is 11.4 Å². The van der Waals surface area contributed by atoms with E-state index in [-0.39, 0.29) is 5.02 Å². The molecule has 0 bridgehead atoms. The molecule has 0 saturated heterocycles. The molecule has 0 aliphatic carbocycles. The van der Waals surface area contributed by atoms with Crippen LogP contribution in [0.3, 0.4) is 0 Å².